The predicted molar refractivity (Wildman–Crippen MR) is 127 cm³/mol. The predicted octanol–water partition coefficient (Wildman–Crippen LogP) is 4.00. The molecular weight excluding hydrogens is 416 g/mol. The van der Waals surface area contributed by atoms with Gasteiger partial charge in [0.05, 0.1) is 11.5 Å². The first-order valence-electron chi connectivity index (χ1n) is 10.9. The highest BCUT2D eigenvalue weighted by atomic mass is 16.3. The fraction of sp³-hybridized carbons (Fsp3) is 0.222. The molecule has 6 nitrogen and oxygen atoms in total. The summed E-state index contributed by atoms with van der Waals surface area (Å²) < 4.78 is 0. The molecule has 0 aromatic heterocycles. The van der Waals surface area contributed by atoms with Crippen molar-refractivity contribution >= 4 is 29.0 Å². The molecule has 1 saturated carbocycles. The number of carbonyl (C=O) groups is 3. The van der Waals surface area contributed by atoms with Crippen LogP contribution in [0.3, 0.4) is 0 Å². The number of anilines is 2. The van der Waals surface area contributed by atoms with Crippen molar-refractivity contribution in [2.75, 3.05) is 10.6 Å². The fourth-order valence-electron chi connectivity index (χ4n) is 4.65. The third-order valence-electron chi connectivity index (χ3n) is 6.10. The van der Waals surface area contributed by atoms with Crippen LogP contribution in [0.4, 0.5) is 11.4 Å². The van der Waals surface area contributed by atoms with Crippen molar-refractivity contribution in [2.45, 2.75) is 24.9 Å². The Morgan fingerprint density at radius 3 is 1.76 bits per heavy atom. The molecule has 0 saturated heterocycles. The molecule has 6 heteroatoms. The summed E-state index contributed by atoms with van der Waals surface area (Å²) in [5.74, 6) is -4.32. The van der Waals surface area contributed by atoms with Crippen molar-refractivity contribution in [2.24, 2.45) is 11.8 Å². The van der Waals surface area contributed by atoms with Gasteiger partial charge in [0.1, 0.15) is 11.7 Å². The van der Waals surface area contributed by atoms with Gasteiger partial charge in [0.15, 0.2) is 0 Å². The quantitative estimate of drug-likeness (QED) is 0.521. The summed E-state index contributed by atoms with van der Waals surface area (Å²) in [5, 5.41) is 16.9. The van der Waals surface area contributed by atoms with E-state index in [1.165, 1.54) is 6.92 Å². The zero-order valence-corrected chi connectivity index (χ0v) is 18.3. The van der Waals surface area contributed by atoms with Crippen molar-refractivity contribution in [1.82, 2.24) is 0 Å². The smallest absolute Gasteiger partial charge is 0.235 e. The first-order valence-corrected chi connectivity index (χ1v) is 10.9. The third-order valence-corrected chi connectivity index (χ3v) is 6.10. The molecule has 4 atom stereocenters. The van der Waals surface area contributed by atoms with Gasteiger partial charge >= 0.3 is 0 Å². The average molecular weight is 443 g/mol. The van der Waals surface area contributed by atoms with Gasteiger partial charge in [0.2, 0.25) is 11.8 Å². The van der Waals surface area contributed by atoms with Crippen LogP contribution in [0.1, 0.15) is 24.8 Å². The molecule has 168 valence electrons. The summed E-state index contributed by atoms with van der Waals surface area (Å²) >= 11 is 0. The molecule has 33 heavy (non-hydrogen) atoms. The third kappa shape index (κ3) is 4.86. The maximum Gasteiger partial charge on any atom is 0.235 e. The summed E-state index contributed by atoms with van der Waals surface area (Å²) in [6.07, 6.45) is -0.296. The maximum atomic E-state index is 13.5. The molecule has 0 aliphatic heterocycles. The van der Waals surface area contributed by atoms with Gasteiger partial charge in [0.25, 0.3) is 0 Å². The lowest BCUT2D eigenvalue weighted by atomic mass is 9.61. The number of Topliss-reactive ketones (excluding diaryl/α,β-unsaturated/α-hetero) is 1. The molecule has 0 spiro atoms. The van der Waals surface area contributed by atoms with Gasteiger partial charge in [-0.15, -0.1) is 0 Å². The zero-order valence-electron chi connectivity index (χ0n) is 18.3. The molecule has 0 unspecified atom stereocenters. The Labute approximate surface area is 192 Å². The number of benzene rings is 3. The van der Waals surface area contributed by atoms with Crippen molar-refractivity contribution in [1.29, 1.82) is 0 Å². The normalized spacial score (nSPS) is 24.7. The van der Waals surface area contributed by atoms with Crippen LogP contribution in [0.15, 0.2) is 91.0 Å². The van der Waals surface area contributed by atoms with E-state index < -0.39 is 41.0 Å². The summed E-state index contributed by atoms with van der Waals surface area (Å²) in [6.45, 7) is 1.49. The largest absolute Gasteiger partial charge is 0.389 e. The number of nitrogens with one attached hydrogen (secondary N) is 2. The minimum absolute atomic E-state index is 0.296. The number of carbonyl (C=O) groups excluding carboxylic acids is 3. The summed E-state index contributed by atoms with van der Waals surface area (Å²) in [6, 6.07) is 26.8. The van der Waals surface area contributed by atoms with Gasteiger partial charge in [-0.1, -0.05) is 66.7 Å². The number of ketones is 1. The summed E-state index contributed by atoms with van der Waals surface area (Å²) in [7, 11) is 0. The van der Waals surface area contributed by atoms with E-state index in [2.05, 4.69) is 10.6 Å². The van der Waals surface area contributed by atoms with Crippen LogP contribution in [0.25, 0.3) is 0 Å². The van der Waals surface area contributed by atoms with Gasteiger partial charge in [-0.25, -0.2) is 0 Å². The van der Waals surface area contributed by atoms with E-state index in [0.717, 1.165) is 0 Å². The molecule has 1 fully saturated rings. The Hall–Kier alpha value is -3.77. The monoisotopic (exact) mass is 442 g/mol. The minimum atomic E-state index is -1.63. The SMILES string of the molecule is C[C@]1(O)CC(=O)[C@H](C(=O)Nc2ccccc2)[C@@H](c2ccccc2)[C@@H]1C(=O)Nc1ccccc1. The Balaban J connectivity index is 1.74. The van der Waals surface area contributed by atoms with Crippen LogP contribution < -0.4 is 10.6 Å². The van der Waals surface area contributed by atoms with Gasteiger partial charge in [-0.05, 0) is 36.8 Å². The molecule has 0 bridgehead atoms. The Morgan fingerprint density at radius 1 is 0.788 bits per heavy atom. The first-order chi connectivity index (χ1) is 15.9. The van der Waals surface area contributed by atoms with Gasteiger partial charge in [0, 0.05) is 23.7 Å². The van der Waals surface area contributed by atoms with Gasteiger partial charge in [-0.3, -0.25) is 14.4 Å². The van der Waals surface area contributed by atoms with Gasteiger partial charge in [-0.2, -0.15) is 0 Å². The highest BCUT2D eigenvalue weighted by Crippen LogP contribution is 2.46. The van der Waals surface area contributed by atoms with Gasteiger partial charge < -0.3 is 15.7 Å². The molecule has 0 radical (unpaired) electrons. The molecule has 3 N–H and O–H groups in total. The maximum absolute atomic E-state index is 13.5. The standard InChI is InChI=1S/C27H26N2O4/c1-27(33)17-21(30)23(25(31)28-19-13-7-3-8-14-19)22(18-11-5-2-6-12-18)24(27)26(32)29-20-15-9-4-10-16-20/h2-16,22-24,33H,17H2,1H3,(H,28,31)(H,29,32)/t22-,23+,24-,27+/m1/s1. The minimum Gasteiger partial charge on any atom is -0.389 e. The highest BCUT2D eigenvalue weighted by molar-refractivity contribution is 6.10. The number of aliphatic hydroxyl groups is 1. The molecule has 1 aliphatic rings. The van der Waals surface area contributed by atoms with Crippen LogP contribution >= 0.6 is 0 Å². The molecule has 3 aromatic carbocycles. The topological polar surface area (TPSA) is 95.5 Å². The van der Waals surface area contributed by atoms with Crippen molar-refractivity contribution in [3.05, 3.63) is 96.6 Å². The number of para-hydroxylation sites is 2. The van der Waals surface area contributed by atoms with Crippen LogP contribution in [-0.4, -0.2) is 28.3 Å². The lowest BCUT2D eigenvalue weighted by molar-refractivity contribution is -0.150. The van der Waals surface area contributed by atoms with Crippen molar-refractivity contribution in [3.63, 3.8) is 0 Å². The molecule has 0 heterocycles. The Morgan fingerprint density at radius 2 is 1.24 bits per heavy atom. The van der Waals surface area contributed by atoms with Crippen LogP contribution in [-0.2, 0) is 14.4 Å². The molecule has 4 rings (SSSR count). The van der Waals surface area contributed by atoms with E-state index in [1.807, 2.05) is 18.2 Å². The second-order valence-electron chi connectivity index (χ2n) is 8.60. The van der Waals surface area contributed by atoms with Crippen LogP contribution in [0.5, 0.6) is 0 Å². The Bertz CT molecular complexity index is 1130. The number of hydrogen-bond acceptors (Lipinski definition) is 4. The first kappa shape index (κ1) is 22.4. The van der Waals surface area contributed by atoms with E-state index in [-0.39, 0.29) is 6.42 Å². The average Bonchev–Trinajstić information content (AvgIpc) is 2.79. The Kier molecular flexibility index (Phi) is 6.38. The summed E-state index contributed by atoms with van der Waals surface area (Å²) in [4.78, 5) is 40.0. The molecule has 1 aliphatic carbocycles. The summed E-state index contributed by atoms with van der Waals surface area (Å²) in [5.41, 5.74) is 0.157. The second kappa shape index (κ2) is 9.38. The lowest BCUT2D eigenvalue weighted by Gasteiger charge is -2.44. The number of hydrogen-bond donors (Lipinski definition) is 3. The highest BCUT2D eigenvalue weighted by Gasteiger charge is 2.55. The van der Waals surface area contributed by atoms with E-state index in [4.69, 9.17) is 0 Å². The lowest BCUT2D eigenvalue weighted by Crippen LogP contribution is -2.56. The van der Waals surface area contributed by atoms with Crippen molar-refractivity contribution in [3.8, 4) is 0 Å². The molecule has 3 aromatic rings. The van der Waals surface area contributed by atoms with Crippen LogP contribution in [0.2, 0.25) is 0 Å². The number of amides is 2. The van der Waals surface area contributed by atoms with E-state index in [0.29, 0.717) is 16.9 Å². The number of rotatable bonds is 5. The van der Waals surface area contributed by atoms with E-state index in [9.17, 15) is 19.5 Å². The van der Waals surface area contributed by atoms with E-state index in [1.54, 1.807) is 72.8 Å². The second-order valence-corrected chi connectivity index (χ2v) is 8.60. The fourth-order valence-corrected chi connectivity index (χ4v) is 4.65. The molecule has 2 amide bonds. The van der Waals surface area contributed by atoms with Crippen molar-refractivity contribution < 1.29 is 19.5 Å². The van der Waals surface area contributed by atoms with Crippen LogP contribution in [0, 0.1) is 11.8 Å². The zero-order chi connectivity index (χ0) is 23.4. The molecular formula is C27H26N2O4. The van der Waals surface area contributed by atoms with E-state index >= 15 is 0 Å².